The lowest BCUT2D eigenvalue weighted by Crippen LogP contribution is -2.16. The van der Waals surface area contributed by atoms with Gasteiger partial charge in [0, 0.05) is 20.1 Å². The van der Waals surface area contributed by atoms with Crippen molar-refractivity contribution in [3.63, 3.8) is 0 Å². The van der Waals surface area contributed by atoms with Gasteiger partial charge in [-0.25, -0.2) is 0 Å². The molecule has 0 aromatic heterocycles. The van der Waals surface area contributed by atoms with Gasteiger partial charge in [0.2, 0.25) is 0 Å². The van der Waals surface area contributed by atoms with Crippen LogP contribution in [0.1, 0.15) is 0 Å². The molecule has 0 unspecified atom stereocenters. The van der Waals surface area contributed by atoms with Crippen molar-refractivity contribution in [2.24, 2.45) is 5.73 Å². The fourth-order valence-electron chi connectivity index (χ4n) is 0.394. The van der Waals surface area contributed by atoms with Gasteiger partial charge in [0.1, 0.15) is 0 Å². The van der Waals surface area contributed by atoms with Gasteiger partial charge in [-0.15, -0.1) is 0 Å². The molecule has 0 bridgehead atoms. The minimum absolute atomic E-state index is 0.595. The molecule has 0 aromatic rings. The lowest BCUT2D eigenvalue weighted by molar-refractivity contribution is -0.0992. The van der Waals surface area contributed by atoms with Crippen molar-refractivity contribution in [3.05, 3.63) is 12.2 Å². The Morgan fingerprint density at radius 3 is 2.67 bits per heavy atom. The molecule has 9 heavy (non-hydrogen) atoms. The van der Waals surface area contributed by atoms with Crippen molar-refractivity contribution in [2.45, 2.75) is 0 Å². The fourth-order valence-corrected chi connectivity index (χ4v) is 0.394. The smallest absolute Gasteiger partial charge is 0.0575 e. The van der Waals surface area contributed by atoms with Crippen molar-refractivity contribution < 1.29 is 4.84 Å². The summed E-state index contributed by atoms with van der Waals surface area (Å²) in [7, 11) is 3.50. The van der Waals surface area contributed by atoms with Crippen LogP contribution in [-0.4, -0.2) is 32.3 Å². The maximum Gasteiger partial charge on any atom is 0.0575 e. The molecule has 0 aromatic carbocycles. The van der Waals surface area contributed by atoms with Gasteiger partial charge >= 0.3 is 0 Å². The van der Waals surface area contributed by atoms with Crippen molar-refractivity contribution in [2.75, 3.05) is 27.2 Å². The van der Waals surface area contributed by atoms with E-state index in [0.717, 1.165) is 6.54 Å². The van der Waals surface area contributed by atoms with Crippen LogP contribution in [0.4, 0.5) is 0 Å². The maximum atomic E-state index is 5.21. The molecule has 54 valence electrons. The SMILES string of the molecule is CON(C)C/C=C/CN. The van der Waals surface area contributed by atoms with Gasteiger partial charge in [-0.1, -0.05) is 12.2 Å². The van der Waals surface area contributed by atoms with Gasteiger partial charge < -0.3 is 10.6 Å². The van der Waals surface area contributed by atoms with E-state index in [1.54, 1.807) is 12.2 Å². The van der Waals surface area contributed by atoms with Crippen LogP contribution in [-0.2, 0) is 4.84 Å². The van der Waals surface area contributed by atoms with Gasteiger partial charge in [0.25, 0.3) is 0 Å². The highest BCUT2D eigenvalue weighted by Gasteiger charge is 1.86. The van der Waals surface area contributed by atoms with Gasteiger partial charge in [-0.05, 0) is 0 Å². The van der Waals surface area contributed by atoms with E-state index >= 15 is 0 Å². The predicted molar refractivity (Wildman–Crippen MR) is 37.8 cm³/mol. The zero-order valence-electron chi connectivity index (χ0n) is 6.00. The summed E-state index contributed by atoms with van der Waals surface area (Å²) in [5.74, 6) is 0. The average molecular weight is 130 g/mol. The fraction of sp³-hybridized carbons (Fsp3) is 0.667. The van der Waals surface area contributed by atoms with E-state index < -0.39 is 0 Å². The second-order valence-corrected chi connectivity index (χ2v) is 1.70. The second kappa shape index (κ2) is 5.75. The lowest BCUT2D eigenvalue weighted by atomic mass is 10.5. The van der Waals surface area contributed by atoms with Gasteiger partial charge in [0.05, 0.1) is 7.11 Å². The monoisotopic (exact) mass is 130 g/mol. The van der Waals surface area contributed by atoms with Crippen LogP contribution in [0.5, 0.6) is 0 Å². The van der Waals surface area contributed by atoms with E-state index in [1.165, 1.54) is 0 Å². The van der Waals surface area contributed by atoms with Gasteiger partial charge in [-0.3, -0.25) is 0 Å². The Morgan fingerprint density at radius 2 is 2.22 bits per heavy atom. The summed E-state index contributed by atoms with van der Waals surface area (Å²) >= 11 is 0. The van der Waals surface area contributed by atoms with E-state index in [1.807, 2.05) is 19.2 Å². The molecule has 0 rings (SSSR count). The molecule has 0 aliphatic rings. The molecule has 0 amide bonds. The minimum Gasteiger partial charge on any atom is -0.327 e. The Labute approximate surface area is 56.0 Å². The summed E-state index contributed by atoms with van der Waals surface area (Å²) in [5, 5.41) is 1.71. The Hall–Kier alpha value is -0.380. The molecule has 0 spiro atoms. The molecule has 3 nitrogen and oxygen atoms in total. The molecular weight excluding hydrogens is 116 g/mol. The summed E-state index contributed by atoms with van der Waals surface area (Å²) in [6.45, 7) is 1.38. The first-order valence-electron chi connectivity index (χ1n) is 2.91. The van der Waals surface area contributed by atoms with E-state index in [-0.39, 0.29) is 0 Å². The van der Waals surface area contributed by atoms with E-state index in [9.17, 15) is 0 Å². The standard InChI is InChI=1S/C6H14N2O/c1-8(9-2)6-4-3-5-7/h3-4H,5-7H2,1-2H3/b4-3+. The van der Waals surface area contributed by atoms with Crippen molar-refractivity contribution in [1.82, 2.24) is 5.06 Å². The third-order valence-electron chi connectivity index (χ3n) is 0.977. The highest BCUT2D eigenvalue weighted by Crippen LogP contribution is 1.80. The molecule has 0 aliphatic carbocycles. The number of hydrogen-bond acceptors (Lipinski definition) is 3. The van der Waals surface area contributed by atoms with Crippen LogP contribution in [0.15, 0.2) is 12.2 Å². The number of nitrogens with two attached hydrogens (primary N) is 1. The minimum atomic E-state index is 0.595. The predicted octanol–water partition coefficient (Wildman–Crippen LogP) is -0.00550. The van der Waals surface area contributed by atoms with E-state index in [0.29, 0.717) is 6.54 Å². The maximum absolute atomic E-state index is 5.21. The third-order valence-corrected chi connectivity index (χ3v) is 0.977. The molecule has 0 fully saturated rings. The number of hydroxylamine groups is 2. The highest BCUT2D eigenvalue weighted by atomic mass is 16.7. The Morgan fingerprint density at radius 1 is 1.56 bits per heavy atom. The normalized spacial score (nSPS) is 11.6. The molecule has 0 heterocycles. The van der Waals surface area contributed by atoms with Gasteiger partial charge in [-0.2, -0.15) is 5.06 Å². The first-order chi connectivity index (χ1) is 4.31. The van der Waals surface area contributed by atoms with Crippen LogP contribution in [0.2, 0.25) is 0 Å². The molecule has 0 aliphatic heterocycles. The molecule has 0 radical (unpaired) electrons. The first kappa shape index (κ1) is 8.62. The highest BCUT2D eigenvalue weighted by molar-refractivity contribution is 4.83. The summed E-state index contributed by atoms with van der Waals surface area (Å²) in [4.78, 5) is 4.84. The molecular formula is C6H14N2O. The van der Waals surface area contributed by atoms with Crippen LogP contribution in [0.3, 0.4) is 0 Å². The van der Waals surface area contributed by atoms with Crippen molar-refractivity contribution in [1.29, 1.82) is 0 Å². The van der Waals surface area contributed by atoms with Gasteiger partial charge in [0.15, 0.2) is 0 Å². The Balaban J connectivity index is 3.15. The number of nitrogens with zero attached hydrogens (tertiary/aromatic N) is 1. The van der Waals surface area contributed by atoms with E-state index in [4.69, 9.17) is 10.6 Å². The first-order valence-corrected chi connectivity index (χ1v) is 2.91. The average Bonchev–Trinajstić information content (AvgIpc) is 1.89. The largest absolute Gasteiger partial charge is 0.327 e. The molecule has 3 heteroatoms. The summed E-state index contributed by atoms with van der Waals surface area (Å²) in [6.07, 6.45) is 3.86. The summed E-state index contributed by atoms with van der Waals surface area (Å²) < 4.78 is 0. The quantitative estimate of drug-likeness (QED) is 0.430. The van der Waals surface area contributed by atoms with E-state index in [2.05, 4.69) is 0 Å². The van der Waals surface area contributed by atoms with Crippen LogP contribution in [0.25, 0.3) is 0 Å². The summed E-state index contributed by atoms with van der Waals surface area (Å²) in [6, 6.07) is 0. The lowest BCUT2D eigenvalue weighted by Gasteiger charge is -2.08. The topological polar surface area (TPSA) is 38.5 Å². The summed E-state index contributed by atoms with van der Waals surface area (Å²) in [5.41, 5.74) is 5.21. The molecule has 2 N–H and O–H groups in total. The zero-order chi connectivity index (χ0) is 7.11. The van der Waals surface area contributed by atoms with Crippen LogP contribution >= 0.6 is 0 Å². The molecule has 0 saturated carbocycles. The Kier molecular flexibility index (Phi) is 5.51. The van der Waals surface area contributed by atoms with Crippen LogP contribution < -0.4 is 5.73 Å². The zero-order valence-corrected chi connectivity index (χ0v) is 6.00. The van der Waals surface area contributed by atoms with Crippen molar-refractivity contribution >= 4 is 0 Å². The second-order valence-electron chi connectivity index (χ2n) is 1.70. The molecule has 0 saturated heterocycles. The third kappa shape index (κ3) is 5.49. The van der Waals surface area contributed by atoms with Crippen LogP contribution in [0, 0.1) is 0 Å². The Bertz CT molecular complexity index is 83.1. The van der Waals surface area contributed by atoms with Crippen molar-refractivity contribution in [3.8, 4) is 0 Å². The molecule has 0 atom stereocenters. The number of likely N-dealkylation sites (N-methyl/N-ethyl adjacent to an activating group) is 1. The number of rotatable bonds is 4. The number of hydrogen-bond donors (Lipinski definition) is 1.